The first kappa shape index (κ1) is 13.8. The van der Waals surface area contributed by atoms with Crippen molar-refractivity contribution in [3.05, 3.63) is 32.5 Å². The van der Waals surface area contributed by atoms with Crippen molar-refractivity contribution in [2.45, 2.75) is 25.9 Å². The standard InChI is InChI=1S/C10H13Cl2N5S/c1-2-17-9(14-5-15-17)4-7(16-13)6-3-8(11)18-10(6)12/h3,5,7,16H,2,4,13H2,1H3. The number of aromatic nitrogens is 3. The first-order chi connectivity index (χ1) is 8.65. The number of hydrogen-bond acceptors (Lipinski definition) is 5. The van der Waals surface area contributed by atoms with Crippen LogP contribution in [0.3, 0.4) is 0 Å². The van der Waals surface area contributed by atoms with E-state index in [1.165, 1.54) is 17.7 Å². The third-order valence-corrected chi connectivity index (χ3v) is 4.16. The number of hydrogen-bond donors (Lipinski definition) is 2. The van der Waals surface area contributed by atoms with E-state index in [1.54, 1.807) is 0 Å². The van der Waals surface area contributed by atoms with E-state index in [9.17, 15) is 0 Å². The summed E-state index contributed by atoms with van der Waals surface area (Å²) in [4.78, 5) is 4.22. The molecule has 0 aliphatic rings. The molecule has 1 unspecified atom stereocenters. The number of nitrogens with two attached hydrogens (primary N) is 1. The van der Waals surface area contributed by atoms with Gasteiger partial charge in [0.1, 0.15) is 12.2 Å². The molecule has 18 heavy (non-hydrogen) atoms. The van der Waals surface area contributed by atoms with Crippen LogP contribution >= 0.6 is 34.5 Å². The molecular weight excluding hydrogens is 293 g/mol. The fraction of sp³-hybridized carbons (Fsp3) is 0.400. The third kappa shape index (κ3) is 2.84. The summed E-state index contributed by atoms with van der Waals surface area (Å²) in [6.07, 6.45) is 2.14. The van der Waals surface area contributed by atoms with Gasteiger partial charge in [0.25, 0.3) is 0 Å². The summed E-state index contributed by atoms with van der Waals surface area (Å²) in [6.45, 7) is 2.78. The smallest absolute Gasteiger partial charge is 0.138 e. The molecule has 3 N–H and O–H groups in total. The van der Waals surface area contributed by atoms with E-state index in [2.05, 4.69) is 15.5 Å². The maximum Gasteiger partial charge on any atom is 0.138 e. The number of nitrogens with one attached hydrogen (secondary N) is 1. The van der Waals surface area contributed by atoms with E-state index in [1.807, 2.05) is 17.7 Å². The summed E-state index contributed by atoms with van der Waals surface area (Å²) in [5, 5.41) is 4.12. The largest absolute Gasteiger partial charge is 0.271 e. The van der Waals surface area contributed by atoms with E-state index in [4.69, 9.17) is 29.0 Å². The van der Waals surface area contributed by atoms with Crippen molar-refractivity contribution >= 4 is 34.5 Å². The van der Waals surface area contributed by atoms with Gasteiger partial charge in [-0.3, -0.25) is 16.0 Å². The van der Waals surface area contributed by atoms with Gasteiger partial charge in [0.05, 0.1) is 14.7 Å². The molecule has 0 aliphatic carbocycles. The molecule has 2 rings (SSSR count). The number of rotatable bonds is 5. The van der Waals surface area contributed by atoms with E-state index < -0.39 is 0 Å². The van der Waals surface area contributed by atoms with Crippen LogP contribution in [0.25, 0.3) is 0 Å². The van der Waals surface area contributed by atoms with Crippen molar-refractivity contribution in [3.8, 4) is 0 Å². The minimum Gasteiger partial charge on any atom is -0.271 e. The molecule has 2 aromatic heterocycles. The molecule has 8 heteroatoms. The zero-order valence-electron chi connectivity index (χ0n) is 9.73. The van der Waals surface area contributed by atoms with Gasteiger partial charge in [0, 0.05) is 18.5 Å². The third-order valence-electron chi connectivity index (χ3n) is 2.64. The molecule has 1 atom stereocenters. The monoisotopic (exact) mass is 305 g/mol. The minimum absolute atomic E-state index is 0.129. The molecule has 0 fully saturated rings. The number of nitrogens with zero attached hydrogens (tertiary/aromatic N) is 3. The lowest BCUT2D eigenvalue weighted by molar-refractivity contribution is 0.511. The zero-order chi connectivity index (χ0) is 13.1. The Balaban J connectivity index is 2.22. The highest BCUT2D eigenvalue weighted by Crippen LogP contribution is 2.35. The summed E-state index contributed by atoms with van der Waals surface area (Å²) in [7, 11) is 0. The number of hydrazine groups is 1. The molecule has 0 bridgehead atoms. The highest BCUT2D eigenvalue weighted by atomic mass is 35.5. The van der Waals surface area contributed by atoms with Crippen LogP contribution in [0.2, 0.25) is 8.67 Å². The van der Waals surface area contributed by atoms with E-state index in [0.29, 0.717) is 15.1 Å². The molecule has 2 aromatic rings. The summed E-state index contributed by atoms with van der Waals surface area (Å²) in [6, 6.07) is 1.70. The summed E-state index contributed by atoms with van der Waals surface area (Å²) >= 11 is 13.4. The molecule has 0 spiro atoms. The first-order valence-electron chi connectivity index (χ1n) is 5.43. The van der Waals surface area contributed by atoms with Crippen LogP contribution in [-0.4, -0.2) is 14.8 Å². The summed E-state index contributed by atoms with van der Waals surface area (Å²) < 4.78 is 3.12. The second-order valence-corrected chi connectivity index (χ2v) is 5.98. The lowest BCUT2D eigenvalue weighted by Gasteiger charge is -2.15. The second kappa shape index (κ2) is 5.99. The van der Waals surface area contributed by atoms with Crippen molar-refractivity contribution in [2.24, 2.45) is 5.84 Å². The molecule has 5 nitrogen and oxygen atoms in total. The van der Waals surface area contributed by atoms with Crippen LogP contribution in [0.1, 0.15) is 24.4 Å². The molecular formula is C10H13Cl2N5S. The predicted molar refractivity (Wildman–Crippen MR) is 73.8 cm³/mol. The van der Waals surface area contributed by atoms with Crippen LogP contribution in [0.5, 0.6) is 0 Å². The highest BCUT2D eigenvalue weighted by Gasteiger charge is 2.19. The highest BCUT2D eigenvalue weighted by molar-refractivity contribution is 7.20. The molecule has 0 aliphatic heterocycles. The maximum absolute atomic E-state index is 6.13. The van der Waals surface area contributed by atoms with Crippen molar-refractivity contribution in [2.75, 3.05) is 0 Å². The quantitative estimate of drug-likeness (QED) is 0.657. The summed E-state index contributed by atoms with van der Waals surface area (Å²) in [5.41, 5.74) is 3.63. The van der Waals surface area contributed by atoms with Crippen LogP contribution < -0.4 is 11.3 Å². The van der Waals surface area contributed by atoms with Gasteiger partial charge in [0.15, 0.2) is 0 Å². The number of thiophene rings is 1. The van der Waals surface area contributed by atoms with Gasteiger partial charge in [0.2, 0.25) is 0 Å². The molecule has 98 valence electrons. The van der Waals surface area contributed by atoms with Crippen LogP contribution in [0.15, 0.2) is 12.4 Å². The SMILES string of the molecule is CCn1ncnc1CC(NN)c1cc(Cl)sc1Cl. The fourth-order valence-corrected chi connectivity index (χ4v) is 3.32. The maximum atomic E-state index is 6.13. The zero-order valence-corrected chi connectivity index (χ0v) is 12.1. The number of aryl methyl sites for hydroxylation is 1. The molecule has 0 aromatic carbocycles. The Hall–Kier alpha value is -0.660. The van der Waals surface area contributed by atoms with E-state index in [-0.39, 0.29) is 6.04 Å². The molecule has 0 radical (unpaired) electrons. The molecule has 0 saturated heterocycles. The Morgan fingerprint density at radius 2 is 2.33 bits per heavy atom. The van der Waals surface area contributed by atoms with Crippen molar-refractivity contribution in [1.82, 2.24) is 20.2 Å². The Bertz CT molecular complexity index is 524. The van der Waals surface area contributed by atoms with Crippen LogP contribution in [0.4, 0.5) is 0 Å². The van der Waals surface area contributed by atoms with Crippen LogP contribution in [0, 0.1) is 0 Å². The van der Waals surface area contributed by atoms with Gasteiger partial charge >= 0.3 is 0 Å². The molecule has 2 heterocycles. The lowest BCUT2D eigenvalue weighted by atomic mass is 10.1. The predicted octanol–water partition coefficient (Wildman–Crippen LogP) is 2.41. The van der Waals surface area contributed by atoms with Gasteiger partial charge in [-0.15, -0.1) is 11.3 Å². The fourth-order valence-electron chi connectivity index (χ4n) is 1.74. The van der Waals surface area contributed by atoms with Crippen molar-refractivity contribution < 1.29 is 0 Å². The van der Waals surface area contributed by atoms with E-state index >= 15 is 0 Å². The van der Waals surface area contributed by atoms with Gasteiger partial charge in [-0.25, -0.2) is 4.98 Å². The Morgan fingerprint density at radius 1 is 1.56 bits per heavy atom. The minimum atomic E-state index is -0.129. The van der Waals surface area contributed by atoms with E-state index in [0.717, 1.165) is 17.9 Å². The Morgan fingerprint density at radius 3 is 2.89 bits per heavy atom. The average molecular weight is 306 g/mol. The Labute approximate surface area is 119 Å². The molecule has 0 saturated carbocycles. The number of halogens is 2. The van der Waals surface area contributed by atoms with Gasteiger partial charge in [-0.2, -0.15) is 5.10 Å². The van der Waals surface area contributed by atoms with Gasteiger partial charge in [-0.1, -0.05) is 23.2 Å². The van der Waals surface area contributed by atoms with Crippen LogP contribution in [-0.2, 0) is 13.0 Å². The summed E-state index contributed by atoms with van der Waals surface area (Å²) in [5.74, 6) is 6.45. The van der Waals surface area contributed by atoms with Gasteiger partial charge < -0.3 is 0 Å². The normalized spacial score (nSPS) is 12.9. The van der Waals surface area contributed by atoms with Gasteiger partial charge in [-0.05, 0) is 13.0 Å². The second-order valence-electron chi connectivity index (χ2n) is 3.69. The van der Waals surface area contributed by atoms with Crippen molar-refractivity contribution in [3.63, 3.8) is 0 Å². The average Bonchev–Trinajstić information content (AvgIpc) is 2.92. The lowest BCUT2D eigenvalue weighted by Crippen LogP contribution is -2.30. The van der Waals surface area contributed by atoms with Crippen molar-refractivity contribution in [1.29, 1.82) is 0 Å². The molecule has 0 amide bonds. The topological polar surface area (TPSA) is 68.8 Å². The first-order valence-corrected chi connectivity index (χ1v) is 7.00. The Kier molecular flexibility index (Phi) is 4.58.